The molecular weight excluding hydrogens is 368 g/mol. The first-order valence-corrected chi connectivity index (χ1v) is 11.4. The Kier molecular flexibility index (Phi) is 4.37. The van der Waals surface area contributed by atoms with E-state index in [0.29, 0.717) is 18.3 Å². The molecule has 9 atom stereocenters. The van der Waals surface area contributed by atoms with E-state index in [1.54, 1.807) is 6.07 Å². The fraction of sp³-hybridized carbons (Fsp3) is 0.792. The molecule has 1 aromatic heterocycles. The lowest BCUT2D eigenvalue weighted by atomic mass is 9.43. The molecule has 5 rings (SSSR count). The predicted molar refractivity (Wildman–Crippen MR) is 108 cm³/mol. The highest BCUT2D eigenvalue weighted by atomic mass is 16.4. The number of fused-ring (bicyclic) bond motifs is 5. The average Bonchev–Trinajstić information content (AvgIpc) is 2.90. The van der Waals surface area contributed by atoms with Crippen LogP contribution >= 0.6 is 0 Å². The van der Waals surface area contributed by atoms with Crippen molar-refractivity contribution in [3.05, 3.63) is 34.4 Å². The molecule has 4 fully saturated rings. The highest BCUT2D eigenvalue weighted by molar-refractivity contribution is 5.29. The molecule has 1 heterocycles. The predicted octanol–water partition coefficient (Wildman–Crippen LogP) is 3.21. The van der Waals surface area contributed by atoms with E-state index >= 15 is 0 Å². The minimum Gasteiger partial charge on any atom is -0.431 e. The summed E-state index contributed by atoms with van der Waals surface area (Å²) >= 11 is 0. The Morgan fingerprint density at radius 1 is 1.00 bits per heavy atom. The normalized spacial score (nSPS) is 51.8. The van der Waals surface area contributed by atoms with E-state index < -0.39 is 17.1 Å². The highest BCUT2D eigenvalue weighted by Gasteiger charge is 2.70. The summed E-state index contributed by atoms with van der Waals surface area (Å²) in [6.45, 7) is 4.51. The van der Waals surface area contributed by atoms with Crippen molar-refractivity contribution < 1.29 is 19.7 Å². The first-order valence-electron chi connectivity index (χ1n) is 11.4. The highest BCUT2D eigenvalue weighted by Crippen LogP contribution is 2.70. The van der Waals surface area contributed by atoms with Crippen molar-refractivity contribution in [1.82, 2.24) is 0 Å². The van der Waals surface area contributed by atoms with Gasteiger partial charge >= 0.3 is 5.63 Å². The Bertz CT molecular complexity index is 829. The van der Waals surface area contributed by atoms with Crippen LogP contribution in [0.4, 0.5) is 0 Å². The number of aliphatic hydroxyl groups excluding tert-OH is 2. The van der Waals surface area contributed by atoms with Crippen molar-refractivity contribution in [3.8, 4) is 0 Å². The Balaban J connectivity index is 1.52. The van der Waals surface area contributed by atoms with Crippen LogP contribution in [0, 0.1) is 28.6 Å². The Hall–Kier alpha value is -1.17. The second-order valence-electron chi connectivity index (χ2n) is 10.9. The van der Waals surface area contributed by atoms with Gasteiger partial charge in [-0.05, 0) is 92.1 Å². The van der Waals surface area contributed by atoms with Gasteiger partial charge < -0.3 is 19.7 Å². The van der Waals surface area contributed by atoms with E-state index in [2.05, 4.69) is 13.8 Å². The SMILES string of the molecule is CC12CCC(O)CC1CCC1C2CCC2(C)C(c3ccc(=O)oc3)CC(O)C12O. The Morgan fingerprint density at radius 2 is 1.79 bits per heavy atom. The first-order chi connectivity index (χ1) is 13.7. The first kappa shape index (κ1) is 19.8. The molecular formula is C24H34O5. The van der Waals surface area contributed by atoms with Crippen molar-refractivity contribution >= 4 is 0 Å². The second-order valence-corrected chi connectivity index (χ2v) is 10.9. The average molecular weight is 403 g/mol. The summed E-state index contributed by atoms with van der Waals surface area (Å²) in [6.07, 6.45) is 7.64. The lowest BCUT2D eigenvalue weighted by molar-refractivity contribution is -0.233. The van der Waals surface area contributed by atoms with Crippen molar-refractivity contribution in [2.24, 2.45) is 28.6 Å². The third-order valence-electron chi connectivity index (χ3n) is 9.98. The topological polar surface area (TPSA) is 90.9 Å². The minimum absolute atomic E-state index is 0.0218. The number of aliphatic hydroxyl groups is 3. The van der Waals surface area contributed by atoms with E-state index in [0.717, 1.165) is 50.5 Å². The summed E-state index contributed by atoms with van der Waals surface area (Å²) in [4.78, 5) is 11.4. The molecule has 3 N–H and O–H groups in total. The molecule has 4 aliphatic rings. The Labute approximate surface area is 172 Å². The molecule has 4 saturated carbocycles. The molecule has 0 spiro atoms. The van der Waals surface area contributed by atoms with Gasteiger partial charge in [-0.2, -0.15) is 0 Å². The summed E-state index contributed by atoms with van der Waals surface area (Å²) < 4.78 is 5.12. The van der Waals surface area contributed by atoms with E-state index in [1.807, 2.05) is 0 Å². The van der Waals surface area contributed by atoms with Gasteiger partial charge in [0.15, 0.2) is 0 Å². The van der Waals surface area contributed by atoms with Crippen molar-refractivity contribution in [3.63, 3.8) is 0 Å². The van der Waals surface area contributed by atoms with E-state index in [-0.39, 0.29) is 29.0 Å². The van der Waals surface area contributed by atoms with Crippen LogP contribution in [0.2, 0.25) is 0 Å². The second kappa shape index (κ2) is 6.41. The number of rotatable bonds is 1. The summed E-state index contributed by atoms with van der Waals surface area (Å²) in [6, 6.07) is 3.24. The van der Waals surface area contributed by atoms with Gasteiger partial charge in [0.2, 0.25) is 0 Å². The maximum absolute atomic E-state index is 12.2. The molecule has 5 heteroatoms. The molecule has 29 heavy (non-hydrogen) atoms. The van der Waals surface area contributed by atoms with Gasteiger partial charge in [0.05, 0.1) is 24.1 Å². The molecule has 4 aliphatic carbocycles. The van der Waals surface area contributed by atoms with Gasteiger partial charge in [0.25, 0.3) is 0 Å². The summed E-state index contributed by atoms with van der Waals surface area (Å²) in [5.74, 6) is 0.951. The van der Waals surface area contributed by atoms with Crippen molar-refractivity contribution in [2.45, 2.75) is 88.9 Å². The van der Waals surface area contributed by atoms with Crippen LogP contribution in [0.5, 0.6) is 0 Å². The molecule has 0 bridgehead atoms. The fourth-order valence-corrected chi connectivity index (χ4v) is 8.33. The minimum atomic E-state index is -1.12. The molecule has 160 valence electrons. The molecule has 0 aromatic carbocycles. The smallest absolute Gasteiger partial charge is 0.335 e. The number of hydrogen-bond donors (Lipinski definition) is 3. The van der Waals surface area contributed by atoms with Gasteiger partial charge in [0, 0.05) is 11.5 Å². The van der Waals surface area contributed by atoms with Gasteiger partial charge in [-0.15, -0.1) is 0 Å². The van der Waals surface area contributed by atoms with Crippen molar-refractivity contribution in [1.29, 1.82) is 0 Å². The van der Waals surface area contributed by atoms with Crippen LogP contribution in [-0.4, -0.2) is 33.1 Å². The van der Waals surface area contributed by atoms with Crippen LogP contribution in [0.3, 0.4) is 0 Å². The van der Waals surface area contributed by atoms with Gasteiger partial charge in [0.1, 0.15) is 0 Å². The number of hydrogen-bond acceptors (Lipinski definition) is 5. The quantitative estimate of drug-likeness (QED) is 0.671. The van der Waals surface area contributed by atoms with Gasteiger partial charge in [-0.3, -0.25) is 0 Å². The molecule has 0 amide bonds. The summed E-state index contributed by atoms with van der Waals surface area (Å²) in [5, 5.41) is 33.6. The zero-order valence-corrected chi connectivity index (χ0v) is 17.5. The third kappa shape index (κ3) is 2.53. The van der Waals surface area contributed by atoms with E-state index in [1.165, 1.54) is 12.3 Å². The van der Waals surface area contributed by atoms with E-state index in [9.17, 15) is 20.1 Å². The van der Waals surface area contributed by atoms with Crippen LogP contribution < -0.4 is 5.63 Å². The molecule has 9 unspecified atom stereocenters. The molecule has 0 aliphatic heterocycles. The molecule has 0 saturated heterocycles. The zero-order valence-electron chi connectivity index (χ0n) is 17.5. The molecule has 5 nitrogen and oxygen atoms in total. The standard InChI is InChI=1S/C24H34O5/c1-22-9-7-16(25)11-15(22)4-5-18-17(22)8-10-23(2)19(12-20(26)24(18,23)28)14-3-6-21(27)29-13-14/h3,6,13,15-20,25-26,28H,4-5,7-12H2,1-2H3. The third-order valence-corrected chi connectivity index (χ3v) is 9.98. The van der Waals surface area contributed by atoms with Crippen molar-refractivity contribution in [2.75, 3.05) is 0 Å². The maximum atomic E-state index is 12.2. The monoisotopic (exact) mass is 402 g/mol. The van der Waals surface area contributed by atoms with Crippen LogP contribution in [-0.2, 0) is 0 Å². The lowest BCUT2D eigenvalue weighted by Crippen LogP contribution is -2.65. The van der Waals surface area contributed by atoms with Crippen LogP contribution in [0.1, 0.15) is 76.7 Å². The fourth-order valence-electron chi connectivity index (χ4n) is 8.33. The Morgan fingerprint density at radius 3 is 2.52 bits per heavy atom. The van der Waals surface area contributed by atoms with Gasteiger partial charge in [-0.25, -0.2) is 4.79 Å². The lowest BCUT2D eigenvalue weighted by Gasteiger charge is -2.64. The summed E-state index contributed by atoms with van der Waals surface area (Å²) in [7, 11) is 0. The van der Waals surface area contributed by atoms with Gasteiger partial charge in [-0.1, -0.05) is 13.8 Å². The largest absolute Gasteiger partial charge is 0.431 e. The van der Waals surface area contributed by atoms with E-state index in [4.69, 9.17) is 4.42 Å². The van der Waals surface area contributed by atoms with Crippen LogP contribution in [0.25, 0.3) is 0 Å². The van der Waals surface area contributed by atoms with Crippen LogP contribution in [0.15, 0.2) is 27.6 Å². The molecule has 0 radical (unpaired) electrons. The molecule has 1 aromatic rings. The zero-order chi connectivity index (χ0) is 20.6. The summed E-state index contributed by atoms with van der Waals surface area (Å²) in [5.41, 5.74) is -0.897. The maximum Gasteiger partial charge on any atom is 0.335 e.